The Morgan fingerprint density at radius 2 is 2.03 bits per heavy atom. The third-order valence-electron chi connectivity index (χ3n) is 7.12. The average molecular weight is 466 g/mol. The van der Waals surface area contributed by atoms with Crippen LogP contribution in [-0.4, -0.2) is 105 Å². The number of fused-ring (bicyclic) bond motifs is 1. The van der Waals surface area contributed by atoms with E-state index in [-0.39, 0.29) is 46.8 Å². The van der Waals surface area contributed by atoms with Gasteiger partial charge in [-0.15, -0.1) is 11.8 Å². The maximum atomic E-state index is 13.1. The lowest BCUT2D eigenvalue weighted by Gasteiger charge is -2.46. The second-order valence-corrected chi connectivity index (χ2v) is 10.6. The first kappa shape index (κ1) is 23.1. The summed E-state index contributed by atoms with van der Waals surface area (Å²) < 4.78 is 0. The summed E-state index contributed by atoms with van der Waals surface area (Å²) in [4.78, 5) is 43.3. The van der Waals surface area contributed by atoms with Crippen LogP contribution in [0.3, 0.4) is 0 Å². The smallest absolute Gasteiger partial charge is 0.353 e. The Morgan fingerprint density at radius 1 is 1.31 bits per heavy atom. The van der Waals surface area contributed by atoms with Crippen LogP contribution in [0, 0.1) is 17.2 Å². The summed E-state index contributed by atoms with van der Waals surface area (Å²) in [6.07, 6.45) is 1.07. The number of aliphatic hydroxyl groups is 1. The fraction of sp³-hybridized carbons (Fsp3) is 0.714. The number of aliphatic hydroxyl groups excluding tert-OH is 1. The number of carbonyl (C=O) groups is 3. The molecule has 0 aliphatic carbocycles. The second kappa shape index (κ2) is 8.68. The number of nitrogens with zero attached hydrogens (tertiary/aromatic N) is 3. The van der Waals surface area contributed by atoms with Gasteiger partial charge in [0.15, 0.2) is 0 Å². The minimum Gasteiger partial charge on any atom is -0.477 e. The molecule has 0 bridgehead atoms. The Morgan fingerprint density at radius 3 is 2.62 bits per heavy atom. The van der Waals surface area contributed by atoms with Crippen molar-refractivity contribution in [3.63, 3.8) is 0 Å². The number of β-lactam (4-membered cyclic amide) rings is 1. The van der Waals surface area contributed by atoms with Gasteiger partial charge in [-0.25, -0.2) is 4.79 Å². The third-order valence-corrected chi connectivity index (χ3v) is 8.63. The average Bonchev–Trinajstić information content (AvgIpc) is 3.29. The molecule has 32 heavy (non-hydrogen) atoms. The third kappa shape index (κ3) is 3.69. The fourth-order valence-electron chi connectivity index (χ4n) is 5.47. The van der Waals surface area contributed by atoms with Gasteiger partial charge in [-0.3, -0.25) is 15.0 Å². The quantitative estimate of drug-likeness (QED) is 0.239. The van der Waals surface area contributed by atoms with Gasteiger partial charge in [-0.2, -0.15) is 0 Å². The molecular formula is C21H31N5O5S. The number of rotatable bonds is 6. The first-order chi connectivity index (χ1) is 15.1. The van der Waals surface area contributed by atoms with Crippen LogP contribution in [0.2, 0.25) is 0 Å². The van der Waals surface area contributed by atoms with Crippen LogP contribution < -0.4 is 5.32 Å². The van der Waals surface area contributed by atoms with Gasteiger partial charge in [0.1, 0.15) is 5.70 Å². The number of nitrogens with one attached hydrogen (secondary N) is 2. The predicted molar refractivity (Wildman–Crippen MR) is 119 cm³/mol. The van der Waals surface area contributed by atoms with Gasteiger partial charge >= 0.3 is 5.97 Å². The molecule has 4 aliphatic heterocycles. The largest absolute Gasteiger partial charge is 0.477 e. The maximum Gasteiger partial charge on any atom is 0.353 e. The molecule has 0 radical (unpaired) electrons. The van der Waals surface area contributed by atoms with E-state index in [1.54, 1.807) is 6.92 Å². The van der Waals surface area contributed by atoms with E-state index in [4.69, 9.17) is 5.41 Å². The molecule has 4 aliphatic rings. The molecule has 4 heterocycles. The van der Waals surface area contributed by atoms with E-state index in [1.807, 2.05) is 23.6 Å². The Bertz CT molecular complexity index is 864. The number of thioether (sulfide) groups is 1. The molecule has 0 aromatic rings. The van der Waals surface area contributed by atoms with E-state index >= 15 is 0 Å². The first-order valence-electron chi connectivity index (χ1n) is 11.1. The Balaban J connectivity index is 1.43. The van der Waals surface area contributed by atoms with Crippen molar-refractivity contribution in [2.75, 3.05) is 26.2 Å². The molecule has 0 spiro atoms. The standard InChI is InChI=1S/C21H31N5O5S/c1-10-8-24(9-22)4-5-25(10)19(28)14-6-13(7-23-14)32-18-11(2)16-15(12(3)27)20(29)26(16)17(18)21(30)31/h9-16,22-23,27H,4-8H2,1-3H3,(H,30,31)/t10?,11?,12?,13?,14?,15?,16-/m1/s1. The minimum atomic E-state index is -1.13. The van der Waals surface area contributed by atoms with Crippen LogP contribution in [0.4, 0.5) is 0 Å². The van der Waals surface area contributed by atoms with Crippen molar-refractivity contribution in [1.82, 2.24) is 20.0 Å². The summed E-state index contributed by atoms with van der Waals surface area (Å²) in [6, 6.07) is -0.626. The van der Waals surface area contributed by atoms with Gasteiger partial charge in [0.2, 0.25) is 11.8 Å². The fourth-order valence-corrected chi connectivity index (χ4v) is 6.95. The lowest BCUT2D eigenvalue weighted by atomic mass is 9.79. The Hall–Kier alpha value is -2.11. The molecule has 6 unspecified atom stereocenters. The van der Waals surface area contributed by atoms with Crippen LogP contribution in [0.5, 0.6) is 0 Å². The van der Waals surface area contributed by atoms with E-state index < -0.39 is 18.0 Å². The zero-order valence-electron chi connectivity index (χ0n) is 18.5. The van der Waals surface area contributed by atoms with Gasteiger partial charge in [-0.1, -0.05) is 6.92 Å². The normalized spacial score (nSPS) is 35.6. The van der Waals surface area contributed by atoms with Crippen LogP contribution in [-0.2, 0) is 14.4 Å². The topological polar surface area (TPSA) is 137 Å². The van der Waals surface area contributed by atoms with Crippen molar-refractivity contribution >= 4 is 35.9 Å². The number of hydrogen-bond donors (Lipinski definition) is 4. The van der Waals surface area contributed by atoms with Crippen molar-refractivity contribution in [3.05, 3.63) is 10.6 Å². The van der Waals surface area contributed by atoms with E-state index in [9.17, 15) is 24.6 Å². The highest BCUT2D eigenvalue weighted by atomic mass is 32.2. The number of carboxylic acids is 1. The van der Waals surface area contributed by atoms with Crippen LogP contribution in [0.1, 0.15) is 27.2 Å². The molecular weight excluding hydrogens is 434 g/mol. The molecule has 176 valence electrons. The van der Waals surface area contributed by atoms with Crippen molar-refractivity contribution in [2.45, 2.75) is 56.7 Å². The maximum absolute atomic E-state index is 13.1. The first-order valence-corrected chi connectivity index (χ1v) is 12.0. The molecule has 4 rings (SSSR count). The number of hydrogen-bond acceptors (Lipinski definition) is 7. The number of aliphatic carboxylic acids is 1. The molecule has 0 aromatic carbocycles. The van der Waals surface area contributed by atoms with Crippen molar-refractivity contribution in [2.24, 2.45) is 11.8 Å². The van der Waals surface area contributed by atoms with E-state index in [0.717, 1.165) is 0 Å². The Kier molecular flexibility index (Phi) is 6.25. The van der Waals surface area contributed by atoms with E-state index in [0.29, 0.717) is 37.5 Å². The minimum absolute atomic E-state index is 0.0210. The lowest BCUT2D eigenvalue weighted by molar-refractivity contribution is -0.163. The van der Waals surface area contributed by atoms with Gasteiger partial charge in [-0.05, 0) is 20.3 Å². The van der Waals surface area contributed by atoms with E-state index in [2.05, 4.69) is 5.32 Å². The number of carbonyl (C=O) groups excluding carboxylic acids is 2. The van der Waals surface area contributed by atoms with Crippen molar-refractivity contribution in [3.8, 4) is 0 Å². The van der Waals surface area contributed by atoms with Crippen LogP contribution in [0.25, 0.3) is 0 Å². The predicted octanol–water partition coefficient (Wildman–Crippen LogP) is -0.256. The monoisotopic (exact) mass is 465 g/mol. The highest BCUT2D eigenvalue weighted by molar-refractivity contribution is 8.03. The summed E-state index contributed by atoms with van der Waals surface area (Å²) in [7, 11) is 0. The molecule has 3 fully saturated rings. The Labute approximate surface area is 191 Å². The zero-order chi connectivity index (χ0) is 23.3. The zero-order valence-corrected chi connectivity index (χ0v) is 19.3. The number of carboxylic acid groups (broad SMARTS) is 1. The summed E-state index contributed by atoms with van der Waals surface area (Å²) in [5.74, 6) is -2.16. The van der Waals surface area contributed by atoms with E-state index in [1.165, 1.54) is 23.0 Å². The summed E-state index contributed by atoms with van der Waals surface area (Å²) in [5, 5.41) is 30.5. The number of piperazine rings is 1. The van der Waals surface area contributed by atoms with Crippen LogP contribution in [0.15, 0.2) is 10.6 Å². The molecule has 0 saturated carbocycles. The molecule has 4 N–H and O–H groups in total. The molecule has 3 saturated heterocycles. The number of amides is 2. The summed E-state index contributed by atoms with van der Waals surface area (Å²) >= 11 is 1.45. The summed E-state index contributed by atoms with van der Waals surface area (Å²) in [5.41, 5.74) is 0.0283. The molecule has 10 nitrogen and oxygen atoms in total. The van der Waals surface area contributed by atoms with Crippen molar-refractivity contribution < 1.29 is 24.6 Å². The van der Waals surface area contributed by atoms with Crippen LogP contribution >= 0.6 is 11.8 Å². The molecule has 11 heteroatoms. The van der Waals surface area contributed by atoms with Gasteiger partial charge < -0.3 is 30.2 Å². The van der Waals surface area contributed by atoms with Gasteiger partial charge in [0.05, 0.1) is 30.4 Å². The highest BCUT2D eigenvalue weighted by Crippen LogP contribution is 2.51. The second-order valence-electron chi connectivity index (χ2n) is 9.21. The SMILES string of the molecule is CC(O)C1C(=O)N2C(C(=O)O)=C(SC3CNC(C(=O)N4CCN(C=N)CC4C)C3)C(C)[C@H]12. The van der Waals surface area contributed by atoms with Gasteiger partial charge in [0.25, 0.3) is 0 Å². The molecule has 0 aromatic heterocycles. The summed E-state index contributed by atoms with van der Waals surface area (Å²) in [6.45, 7) is 7.91. The highest BCUT2D eigenvalue weighted by Gasteiger charge is 2.60. The van der Waals surface area contributed by atoms with Crippen molar-refractivity contribution in [1.29, 1.82) is 5.41 Å². The molecule has 7 atom stereocenters. The lowest BCUT2D eigenvalue weighted by Crippen LogP contribution is -2.63. The van der Waals surface area contributed by atoms with Gasteiger partial charge in [0, 0.05) is 48.3 Å². The molecule has 2 amide bonds.